The van der Waals surface area contributed by atoms with E-state index in [1.807, 2.05) is 12.3 Å². The van der Waals surface area contributed by atoms with Crippen LogP contribution in [-0.2, 0) is 6.18 Å². The van der Waals surface area contributed by atoms with Crippen molar-refractivity contribution in [3.8, 4) is 0 Å². The van der Waals surface area contributed by atoms with Crippen molar-refractivity contribution in [1.29, 1.82) is 0 Å². The average molecular weight is 303 g/mol. The van der Waals surface area contributed by atoms with E-state index in [1.54, 1.807) is 12.1 Å². The Morgan fingerprint density at radius 3 is 2.50 bits per heavy atom. The third-order valence-corrected chi connectivity index (χ3v) is 3.82. The zero-order valence-electron chi connectivity index (χ0n) is 10.7. The summed E-state index contributed by atoms with van der Waals surface area (Å²) in [5.41, 5.74) is -1.21. The summed E-state index contributed by atoms with van der Waals surface area (Å²) in [6.45, 7) is 2.35. The fraction of sp³-hybridized carbons (Fsp3) is 0.286. The van der Waals surface area contributed by atoms with E-state index < -0.39 is 23.6 Å². The second-order valence-electron chi connectivity index (χ2n) is 4.21. The summed E-state index contributed by atoms with van der Waals surface area (Å²) in [6, 6.07) is 6.38. The van der Waals surface area contributed by atoms with Crippen LogP contribution in [0.25, 0.3) is 0 Å². The van der Waals surface area contributed by atoms with Crippen molar-refractivity contribution in [2.75, 3.05) is 6.54 Å². The van der Waals surface area contributed by atoms with Crippen molar-refractivity contribution in [3.05, 3.63) is 57.5 Å². The molecule has 6 heteroatoms. The Morgan fingerprint density at radius 2 is 1.95 bits per heavy atom. The van der Waals surface area contributed by atoms with E-state index in [-0.39, 0.29) is 5.56 Å². The Bertz CT molecular complexity index is 563. The second kappa shape index (κ2) is 5.93. The van der Waals surface area contributed by atoms with Gasteiger partial charge in [0.25, 0.3) is 0 Å². The molecule has 0 aliphatic rings. The summed E-state index contributed by atoms with van der Waals surface area (Å²) >= 11 is 1.38. The lowest BCUT2D eigenvalue weighted by Gasteiger charge is -2.19. The molecule has 0 radical (unpaired) electrons. The largest absolute Gasteiger partial charge is 0.419 e. The number of hydrogen-bond acceptors (Lipinski definition) is 2. The fourth-order valence-corrected chi connectivity index (χ4v) is 2.83. The van der Waals surface area contributed by atoms with Gasteiger partial charge in [0.1, 0.15) is 5.82 Å². The van der Waals surface area contributed by atoms with E-state index in [4.69, 9.17) is 0 Å². The lowest BCUT2D eigenvalue weighted by molar-refractivity contribution is -0.140. The van der Waals surface area contributed by atoms with Crippen LogP contribution in [0.1, 0.15) is 29.0 Å². The van der Waals surface area contributed by atoms with Crippen LogP contribution in [0.2, 0.25) is 0 Å². The standard InChI is InChI=1S/C14H13F4NS/c1-2-19-13(11-7-4-8-20-11)9-5-3-6-10(12(9)15)14(16,17)18/h3-8,13,19H,2H2,1H3. The normalized spacial score (nSPS) is 13.4. The molecular formula is C14H13F4NS. The van der Waals surface area contributed by atoms with Crippen molar-refractivity contribution >= 4 is 11.3 Å². The Morgan fingerprint density at radius 1 is 1.20 bits per heavy atom. The zero-order chi connectivity index (χ0) is 14.8. The highest BCUT2D eigenvalue weighted by molar-refractivity contribution is 7.10. The highest BCUT2D eigenvalue weighted by Gasteiger charge is 2.35. The predicted molar refractivity (Wildman–Crippen MR) is 71.2 cm³/mol. The molecule has 2 aromatic rings. The molecule has 1 aromatic heterocycles. The quantitative estimate of drug-likeness (QED) is 0.814. The first-order valence-corrected chi connectivity index (χ1v) is 6.95. The van der Waals surface area contributed by atoms with E-state index in [0.29, 0.717) is 6.54 Å². The second-order valence-corrected chi connectivity index (χ2v) is 5.19. The lowest BCUT2D eigenvalue weighted by atomic mass is 10.0. The summed E-state index contributed by atoms with van der Waals surface area (Å²) in [5.74, 6) is -1.21. The third-order valence-electron chi connectivity index (χ3n) is 2.88. The number of halogens is 4. The average Bonchev–Trinajstić information content (AvgIpc) is 2.89. The summed E-state index contributed by atoms with van der Waals surface area (Å²) in [5, 5.41) is 4.83. The molecule has 0 saturated heterocycles. The van der Waals surface area contributed by atoms with Gasteiger partial charge in [-0.05, 0) is 24.1 Å². The Hall–Kier alpha value is -1.40. The molecule has 1 atom stereocenters. The maximum Gasteiger partial charge on any atom is 0.419 e. The van der Waals surface area contributed by atoms with Crippen LogP contribution in [0.4, 0.5) is 17.6 Å². The van der Waals surface area contributed by atoms with Crippen molar-refractivity contribution in [2.24, 2.45) is 0 Å². The first-order chi connectivity index (χ1) is 9.45. The first kappa shape index (κ1) is 15.0. The van der Waals surface area contributed by atoms with Gasteiger partial charge in [0.05, 0.1) is 11.6 Å². The number of thiophene rings is 1. The van der Waals surface area contributed by atoms with Gasteiger partial charge >= 0.3 is 6.18 Å². The van der Waals surface area contributed by atoms with Crippen LogP contribution in [0, 0.1) is 5.82 Å². The molecule has 1 unspecified atom stereocenters. The van der Waals surface area contributed by atoms with Gasteiger partial charge in [0.15, 0.2) is 0 Å². The van der Waals surface area contributed by atoms with Gasteiger partial charge in [-0.1, -0.05) is 25.1 Å². The van der Waals surface area contributed by atoms with Gasteiger partial charge in [0, 0.05) is 10.4 Å². The van der Waals surface area contributed by atoms with Gasteiger partial charge in [-0.3, -0.25) is 0 Å². The molecule has 2 rings (SSSR count). The molecule has 0 bridgehead atoms. The maximum absolute atomic E-state index is 14.2. The van der Waals surface area contributed by atoms with Crippen molar-refractivity contribution < 1.29 is 17.6 Å². The van der Waals surface area contributed by atoms with Crippen LogP contribution in [0.15, 0.2) is 35.7 Å². The molecule has 1 heterocycles. The summed E-state index contributed by atoms with van der Waals surface area (Å²) in [7, 11) is 0. The van der Waals surface area contributed by atoms with E-state index in [0.717, 1.165) is 10.9 Å². The fourth-order valence-electron chi connectivity index (χ4n) is 2.02. The molecule has 108 valence electrons. The van der Waals surface area contributed by atoms with Crippen molar-refractivity contribution in [1.82, 2.24) is 5.32 Å². The number of rotatable bonds is 4. The van der Waals surface area contributed by atoms with Crippen molar-refractivity contribution in [3.63, 3.8) is 0 Å². The van der Waals surface area contributed by atoms with Gasteiger partial charge in [-0.25, -0.2) is 4.39 Å². The molecule has 0 spiro atoms. The topological polar surface area (TPSA) is 12.0 Å². The first-order valence-electron chi connectivity index (χ1n) is 6.07. The highest BCUT2D eigenvalue weighted by atomic mass is 32.1. The molecule has 0 aliphatic carbocycles. The predicted octanol–water partition coefficient (Wildman–Crippen LogP) is 4.60. The minimum Gasteiger partial charge on any atom is -0.306 e. The molecular weight excluding hydrogens is 290 g/mol. The SMILES string of the molecule is CCNC(c1cccs1)c1cccc(C(F)(F)F)c1F. The maximum atomic E-state index is 14.2. The molecule has 1 aromatic carbocycles. The van der Waals surface area contributed by atoms with Crippen molar-refractivity contribution in [2.45, 2.75) is 19.1 Å². The van der Waals surface area contributed by atoms with E-state index in [2.05, 4.69) is 5.32 Å². The number of alkyl halides is 3. The van der Waals surface area contributed by atoms with Gasteiger partial charge in [-0.15, -0.1) is 11.3 Å². The van der Waals surface area contributed by atoms with Gasteiger partial charge in [0.2, 0.25) is 0 Å². The minimum absolute atomic E-state index is 0.0177. The molecule has 0 fully saturated rings. The molecule has 0 saturated carbocycles. The Labute approximate surface area is 118 Å². The Balaban J connectivity index is 2.50. The molecule has 1 nitrogen and oxygen atoms in total. The van der Waals surface area contributed by atoms with Crippen LogP contribution >= 0.6 is 11.3 Å². The summed E-state index contributed by atoms with van der Waals surface area (Å²) in [4.78, 5) is 0.782. The smallest absolute Gasteiger partial charge is 0.306 e. The molecule has 1 N–H and O–H groups in total. The van der Waals surface area contributed by atoms with E-state index in [1.165, 1.54) is 23.5 Å². The molecule has 0 aliphatic heterocycles. The van der Waals surface area contributed by atoms with Crippen LogP contribution in [0.3, 0.4) is 0 Å². The molecule has 0 amide bonds. The van der Waals surface area contributed by atoms with Crippen LogP contribution in [0.5, 0.6) is 0 Å². The summed E-state index contributed by atoms with van der Waals surface area (Å²) in [6.07, 6.45) is -4.69. The number of hydrogen-bond donors (Lipinski definition) is 1. The van der Waals surface area contributed by atoms with Gasteiger partial charge in [-0.2, -0.15) is 13.2 Å². The van der Waals surface area contributed by atoms with Crippen LogP contribution in [-0.4, -0.2) is 6.54 Å². The number of nitrogens with one attached hydrogen (secondary N) is 1. The lowest BCUT2D eigenvalue weighted by Crippen LogP contribution is -2.23. The number of benzene rings is 1. The monoisotopic (exact) mass is 303 g/mol. The summed E-state index contributed by atoms with van der Waals surface area (Å²) < 4.78 is 52.5. The van der Waals surface area contributed by atoms with Gasteiger partial charge < -0.3 is 5.32 Å². The minimum atomic E-state index is -4.69. The third kappa shape index (κ3) is 3.02. The zero-order valence-corrected chi connectivity index (χ0v) is 11.5. The molecule has 20 heavy (non-hydrogen) atoms. The van der Waals surface area contributed by atoms with E-state index in [9.17, 15) is 17.6 Å². The highest BCUT2D eigenvalue weighted by Crippen LogP contribution is 2.36. The Kier molecular flexibility index (Phi) is 4.45. The van der Waals surface area contributed by atoms with E-state index >= 15 is 0 Å². The van der Waals surface area contributed by atoms with Crippen LogP contribution < -0.4 is 5.32 Å².